The first-order valence-electron chi connectivity index (χ1n) is 8.40. The molecule has 0 aromatic carbocycles. The smallest absolute Gasteiger partial charge is 0.227 e. The topological polar surface area (TPSA) is 59.8 Å². The van der Waals surface area contributed by atoms with Gasteiger partial charge >= 0.3 is 0 Å². The largest absolute Gasteiger partial charge is 0.324 e. The molecule has 4 rings (SSSR count). The van der Waals surface area contributed by atoms with Gasteiger partial charge in [-0.3, -0.25) is 4.79 Å². The highest BCUT2D eigenvalue weighted by Crippen LogP contribution is 2.48. The molecule has 0 radical (unpaired) electrons. The van der Waals surface area contributed by atoms with E-state index in [1.54, 1.807) is 6.20 Å². The molecule has 1 amide bonds. The van der Waals surface area contributed by atoms with Crippen LogP contribution < -0.4 is 5.32 Å². The normalized spacial score (nSPS) is 25.7. The van der Waals surface area contributed by atoms with Crippen LogP contribution in [0.15, 0.2) is 24.4 Å². The fourth-order valence-electron chi connectivity index (χ4n) is 4.25. The third-order valence-electron chi connectivity index (χ3n) is 5.32. The number of pyridine rings is 1. The Morgan fingerprint density at radius 3 is 2.70 bits per heavy atom. The van der Waals surface area contributed by atoms with Crippen molar-refractivity contribution in [3.8, 4) is 5.82 Å². The monoisotopic (exact) mass is 310 g/mol. The molecular weight excluding hydrogens is 288 g/mol. The van der Waals surface area contributed by atoms with E-state index < -0.39 is 0 Å². The van der Waals surface area contributed by atoms with Crippen LogP contribution in [-0.2, 0) is 4.79 Å². The number of aromatic nitrogens is 3. The van der Waals surface area contributed by atoms with Gasteiger partial charge in [-0.2, -0.15) is 5.10 Å². The number of amides is 1. The van der Waals surface area contributed by atoms with Crippen LogP contribution >= 0.6 is 0 Å². The summed E-state index contributed by atoms with van der Waals surface area (Å²) in [5, 5.41) is 7.46. The molecule has 0 spiro atoms. The van der Waals surface area contributed by atoms with Crippen LogP contribution in [0.5, 0.6) is 0 Å². The lowest BCUT2D eigenvalue weighted by atomic mass is 9.88. The van der Waals surface area contributed by atoms with Gasteiger partial charge in [-0.25, -0.2) is 9.67 Å². The summed E-state index contributed by atoms with van der Waals surface area (Å²) in [7, 11) is 0. The second-order valence-corrected chi connectivity index (χ2v) is 7.01. The Labute approximate surface area is 136 Å². The molecule has 23 heavy (non-hydrogen) atoms. The van der Waals surface area contributed by atoms with Crippen LogP contribution in [-0.4, -0.2) is 20.7 Å². The molecule has 2 bridgehead atoms. The van der Waals surface area contributed by atoms with Gasteiger partial charge in [-0.15, -0.1) is 0 Å². The molecule has 0 saturated heterocycles. The SMILES string of the molecule is Cc1cc(C)n(-c2ccc(NC(=O)C3CC4CCC3C4)cn2)n1. The molecule has 2 aromatic heterocycles. The number of hydrogen-bond donors (Lipinski definition) is 1. The summed E-state index contributed by atoms with van der Waals surface area (Å²) in [5.74, 6) is 2.51. The van der Waals surface area contributed by atoms with Crippen molar-refractivity contribution in [1.82, 2.24) is 14.8 Å². The second-order valence-electron chi connectivity index (χ2n) is 7.01. The van der Waals surface area contributed by atoms with Crippen LogP contribution in [0.2, 0.25) is 0 Å². The van der Waals surface area contributed by atoms with Crippen molar-refractivity contribution < 1.29 is 4.79 Å². The third kappa shape index (κ3) is 2.64. The van der Waals surface area contributed by atoms with Gasteiger partial charge in [-0.1, -0.05) is 6.42 Å². The lowest BCUT2D eigenvalue weighted by molar-refractivity contribution is -0.121. The van der Waals surface area contributed by atoms with Crippen LogP contribution in [0, 0.1) is 31.6 Å². The van der Waals surface area contributed by atoms with Gasteiger partial charge in [0.05, 0.1) is 17.6 Å². The molecule has 5 nitrogen and oxygen atoms in total. The molecule has 2 aliphatic carbocycles. The number of hydrogen-bond acceptors (Lipinski definition) is 3. The van der Waals surface area contributed by atoms with Gasteiger partial charge in [0.1, 0.15) is 0 Å². The average molecular weight is 310 g/mol. The van der Waals surface area contributed by atoms with E-state index in [-0.39, 0.29) is 11.8 Å². The van der Waals surface area contributed by atoms with Crippen molar-refractivity contribution in [3.05, 3.63) is 35.8 Å². The average Bonchev–Trinajstić information content (AvgIpc) is 3.23. The highest BCUT2D eigenvalue weighted by Gasteiger charge is 2.42. The molecule has 1 N–H and O–H groups in total. The van der Waals surface area contributed by atoms with Gasteiger partial charge in [0.2, 0.25) is 5.91 Å². The molecule has 2 saturated carbocycles. The van der Waals surface area contributed by atoms with E-state index >= 15 is 0 Å². The van der Waals surface area contributed by atoms with Gasteiger partial charge in [0.15, 0.2) is 5.82 Å². The molecule has 2 aliphatic rings. The van der Waals surface area contributed by atoms with E-state index in [2.05, 4.69) is 15.4 Å². The summed E-state index contributed by atoms with van der Waals surface area (Å²) in [6.07, 6.45) is 6.56. The lowest BCUT2D eigenvalue weighted by Crippen LogP contribution is -2.27. The van der Waals surface area contributed by atoms with Crippen molar-refractivity contribution in [2.24, 2.45) is 17.8 Å². The number of carbonyl (C=O) groups is 1. The Hall–Kier alpha value is -2.17. The van der Waals surface area contributed by atoms with Crippen molar-refractivity contribution in [2.75, 3.05) is 5.32 Å². The van der Waals surface area contributed by atoms with Gasteiger partial charge in [0, 0.05) is 11.6 Å². The Bertz CT molecular complexity index is 734. The zero-order chi connectivity index (χ0) is 16.0. The number of anilines is 1. The minimum absolute atomic E-state index is 0.165. The quantitative estimate of drug-likeness (QED) is 0.946. The first-order valence-corrected chi connectivity index (χ1v) is 8.40. The summed E-state index contributed by atoms with van der Waals surface area (Å²) in [4.78, 5) is 16.9. The first kappa shape index (κ1) is 14.4. The van der Waals surface area contributed by atoms with Crippen LogP contribution in [0.3, 0.4) is 0 Å². The minimum atomic E-state index is 0.165. The van der Waals surface area contributed by atoms with E-state index in [9.17, 15) is 4.79 Å². The van der Waals surface area contributed by atoms with E-state index in [0.717, 1.165) is 35.2 Å². The van der Waals surface area contributed by atoms with Crippen molar-refractivity contribution in [1.29, 1.82) is 0 Å². The maximum atomic E-state index is 12.5. The van der Waals surface area contributed by atoms with Crippen molar-refractivity contribution in [2.45, 2.75) is 39.5 Å². The lowest BCUT2D eigenvalue weighted by Gasteiger charge is -2.20. The summed E-state index contributed by atoms with van der Waals surface area (Å²) in [6.45, 7) is 3.97. The highest BCUT2D eigenvalue weighted by molar-refractivity contribution is 5.92. The third-order valence-corrected chi connectivity index (χ3v) is 5.32. The van der Waals surface area contributed by atoms with E-state index in [4.69, 9.17) is 0 Å². The van der Waals surface area contributed by atoms with Gasteiger partial charge < -0.3 is 5.32 Å². The number of aryl methyl sites for hydroxylation is 2. The summed E-state index contributed by atoms with van der Waals surface area (Å²) in [6, 6.07) is 5.83. The second kappa shape index (κ2) is 5.48. The number of nitrogens with zero attached hydrogens (tertiary/aromatic N) is 3. The fraction of sp³-hybridized carbons (Fsp3) is 0.500. The predicted octanol–water partition coefficient (Wildman–Crippen LogP) is 3.26. The number of rotatable bonds is 3. The maximum absolute atomic E-state index is 12.5. The molecule has 0 aliphatic heterocycles. The molecular formula is C18H22N4O. The van der Waals surface area contributed by atoms with Crippen LogP contribution in [0.25, 0.3) is 5.82 Å². The summed E-state index contributed by atoms with van der Waals surface area (Å²) in [5.41, 5.74) is 2.79. The summed E-state index contributed by atoms with van der Waals surface area (Å²) >= 11 is 0. The summed E-state index contributed by atoms with van der Waals surface area (Å²) < 4.78 is 1.82. The molecule has 2 fully saturated rings. The number of carbonyl (C=O) groups excluding carboxylic acids is 1. The zero-order valence-corrected chi connectivity index (χ0v) is 13.6. The standard InChI is InChI=1S/C18H22N4O/c1-11-7-12(2)22(21-11)17-6-5-15(10-19-17)20-18(23)16-9-13-3-4-14(16)8-13/h5-7,10,13-14,16H,3-4,8-9H2,1-2H3,(H,20,23). The fourth-order valence-corrected chi connectivity index (χ4v) is 4.25. The van der Waals surface area contributed by atoms with Gasteiger partial charge in [-0.05, 0) is 63.1 Å². The maximum Gasteiger partial charge on any atom is 0.227 e. The molecule has 3 atom stereocenters. The van der Waals surface area contributed by atoms with Crippen LogP contribution in [0.1, 0.15) is 37.1 Å². The minimum Gasteiger partial charge on any atom is -0.324 e. The van der Waals surface area contributed by atoms with E-state index in [0.29, 0.717) is 5.92 Å². The van der Waals surface area contributed by atoms with E-state index in [1.165, 1.54) is 19.3 Å². The van der Waals surface area contributed by atoms with E-state index in [1.807, 2.05) is 36.7 Å². The molecule has 5 heteroatoms. The Kier molecular flexibility index (Phi) is 3.43. The molecule has 3 unspecified atom stereocenters. The Morgan fingerprint density at radius 1 is 1.26 bits per heavy atom. The van der Waals surface area contributed by atoms with Crippen LogP contribution in [0.4, 0.5) is 5.69 Å². The molecule has 2 aromatic rings. The number of fused-ring (bicyclic) bond motifs is 2. The van der Waals surface area contributed by atoms with Crippen molar-refractivity contribution >= 4 is 11.6 Å². The Morgan fingerprint density at radius 2 is 2.13 bits per heavy atom. The number of nitrogens with one attached hydrogen (secondary N) is 1. The first-order chi connectivity index (χ1) is 11.1. The van der Waals surface area contributed by atoms with Gasteiger partial charge in [0.25, 0.3) is 0 Å². The Balaban J connectivity index is 1.46. The zero-order valence-electron chi connectivity index (χ0n) is 13.6. The highest BCUT2D eigenvalue weighted by atomic mass is 16.1. The predicted molar refractivity (Wildman–Crippen MR) is 88.4 cm³/mol. The molecule has 120 valence electrons. The molecule has 2 heterocycles. The van der Waals surface area contributed by atoms with Crippen molar-refractivity contribution in [3.63, 3.8) is 0 Å².